The second kappa shape index (κ2) is 8.73. The molecule has 2 rings (SSSR count). The van der Waals surface area contributed by atoms with E-state index in [0.717, 1.165) is 5.56 Å². The first-order valence-corrected chi connectivity index (χ1v) is 7.97. The van der Waals surface area contributed by atoms with E-state index in [1.54, 1.807) is 12.1 Å². The molecule has 0 unspecified atom stereocenters. The molecule has 6 nitrogen and oxygen atoms in total. The zero-order valence-corrected chi connectivity index (χ0v) is 14.6. The molecule has 0 heterocycles. The normalized spacial score (nSPS) is 10.7. The number of amides is 1. The molecule has 6 heteroatoms. The molecular formula is C19H22N2O4. The van der Waals surface area contributed by atoms with Crippen LogP contribution in [0.5, 0.6) is 17.2 Å². The number of carbonyl (C=O) groups is 1. The van der Waals surface area contributed by atoms with Crippen LogP contribution in [0.15, 0.2) is 41.5 Å². The van der Waals surface area contributed by atoms with E-state index in [1.807, 2.05) is 39.0 Å². The fraction of sp³-hybridized carbons (Fsp3) is 0.263. The molecule has 132 valence electrons. The van der Waals surface area contributed by atoms with E-state index in [9.17, 15) is 9.90 Å². The maximum absolute atomic E-state index is 11.8. The highest BCUT2D eigenvalue weighted by atomic mass is 16.5. The molecule has 0 aliphatic carbocycles. The van der Waals surface area contributed by atoms with Crippen LogP contribution in [0.2, 0.25) is 0 Å². The minimum absolute atomic E-state index is 0.0600. The molecule has 2 aromatic rings. The number of phenols is 1. The summed E-state index contributed by atoms with van der Waals surface area (Å²) in [5.74, 6) is 0.709. The number of rotatable bonds is 7. The zero-order valence-electron chi connectivity index (χ0n) is 14.6. The Labute approximate surface area is 147 Å². The zero-order chi connectivity index (χ0) is 18.2. The molecule has 0 spiro atoms. The molecule has 0 saturated carbocycles. The van der Waals surface area contributed by atoms with Gasteiger partial charge in [-0.2, -0.15) is 5.10 Å². The lowest BCUT2D eigenvalue weighted by Crippen LogP contribution is -2.24. The second-order valence-corrected chi connectivity index (χ2v) is 5.49. The topological polar surface area (TPSA) is 80.2 Å². The van der Waals surface area contributed by atoms with Crippen molar-refractivity contribution in [3.63, 3.8) is 0 Å². The lowest BCUT2D eigenvalue weighted by molar-refractivity contribution is -0.123. The summed E-state index contributed by atoms with van der Waals surface area (Å²) < 4.78 is 10.7. The molecular weight excluding hydrogens is 320 g/mol. The molecule has 2 N–H and O–H groups in total. The number of hydrogen-bond acceptors (Lipinski definition) is 5. The quantitative estimate of drug-likeness (QED) is 0.599. The number of phenolic OH excluding ortho intramolecular Hbond substituents is 1. The summed E-state index contributed by atoms with van der Waals surface area (Å²) in [5, 5.41) is 13.5. The minimum atomic E-state index is -0.363. The first-order chi connectivity index (χ1) is 12.0. The highest BCUT2D eigenvalue weighted by Gasteiger charge is 2.04. The maximum atomic E-state index is 11.8. The van der Waals surface area contributed by atoms with Gasteiger partial charge in [0.2, 0.25) is 0 Å². The van der Waals surface area contributed by atoms with Crippen LogP contribution < -0.4 is 14.9 Å². The monoisotopic (exact) mass is 342 g/mol. The second-order valence-electron chi connectivity index (χ2n) is 5.49. The van der Waals surface area contributed by atoms with Gasteiger partial charge in [-0.25, -0.2) is 5.43 Å². The Morgan fingerprint density at radius 2 is 1.96 bits per heavy atom. The molecule has 0 atom stereocenters. The summed E-state index contributed by atoms with van der Waals surface area (Å²) in [7, 11) is 0. The molecule has 0 aliphatic rings. The Bertz CT molecular complexity index is 772. The number of carbonyl (C=O) groups excluding carboxylic acids is 1. The lowest BCUT2D eigenvalue weighted by Gasteiger charge is -2.07. The largest absolute Gasteiger partial charge is 0.504 e. The number of nitrogens with one attached hydrogen (secondary N) is 1. The molecule has 2 aromatic carbocycles. The smallest absolute Gasteiger partial charge is 0.277 e. The average Bonchev–Trinajstić information content (AvgIpc) is 2.59. The van der Waals surface area contributed by atoms with Crippen molar-refractivity contribution in [2.24, 2.45) is 5.10 Å². The average molecular weight is 342 g/mol. The van der Waals surface area contributed by atoms with Gasteiger partial charge >= 0.3 is 0 Å². The Hall–Kier alpha value is -3.02. The van der Waals surface area contributed by atoms with Crippen molar-refractivity contribution in [3.05, 3.63) is 53.1 Å². The third kappa shape index (κ3) is 5.53. The van der Waals surface area contributed by atoms with Gasteiger partial charge in [0.15, 0.2) is 18.1 Å². The van der Waals surface area contributed by atoms with Crippen molar-refractivity contribution < 1.29 is 19.4 Å². The molecule has 1 amide bonds. The van der Waals surface area contributed by atoms with E-state index in [4.69, 9.17) is 9.47 Å². The van der Waals surface area contributed by atoms with Gasteiger partial charge in [0, 0.05) is 0 Å². The summed E-state index contributed by atoms with van der Waals surface area (Å²) in [5.41, 5.74) is 5.36. The predicted octanol–water partition coefficient (Wildman–Crippen LogP) is 2.94. The van der Waals surface area contributed by atoms with E-state index < -0.39 is 0 Å². The molecule has 0 fully saturated rings. The predicted molar refractivity (Wildman–Crippen MR) is 96.4 cm³/mol. The molecule has 0 bridgehead atoms. The minimum Gasteiger partial charge on any atom is -0.504 e. The first-order valence-electron chi connectivity index (χ1n) is 7.97. The number of aromatic hydroxyl groups is 1. The van der Waals surface area contributed by atoms with Gasteiger partial charge in [-0.3, -0.25) is 4.79 Å². The van der Waals surface area contributed by atoms with Gasteiger partial charge in [0.05, 0.1) is 12.8 Å². The Kier molecular flexibility index (Phi) is 6.39. The highest BCUT2D eigenvalue weighted by molar-refractivity contribution is 5.83. The van der Waals surface area contributed by atoms with Gasteiger partial charge in [-0.1, -0.05) is 6.07 Å². The summed E-state index contributed by atoms with van der Waals surface area (Å²) in [4.78, 5) is 11.8. The molecule has 0 radical (unpaired) electrons. The molecule has 0 aliphatic heterocycles. The Balaban J connectivity index is 1.85. The fourth-order valence-electron chi connectivity index (χ4n) is 2.05. The van der Waals surface area contributed by atoms with Crippen molar-refractivity contribution in [2.75, 3.05) is 13.2 Å². The van der Waals surface area contributed by atoms with Gasteiger partial charge in [-0.05, 0) is 67.8 Å². The van der Waals surface area contributed by atoms with Gasteiger partial charge < -0.3 is 14.6 Å². The summed E-state index contributed by atoms with van der Waals surface area (Å²) in [6.45, 7) is 6.15. The van der Waals surface area contributed by atoms with Crippen LogP contribution in [-0.4, -0.2) is 30.4 Å². The number of hydrazone groups is 1. The van der Waals surface area contributed by atoms with E-state index in [1.165, 1.54) is 17.8 Å². The van der Waals surface area contributed by atoms with Crippen LogP contribution in [0.3, 0.4) is 0 Å². The lowest BCUT2D eigenvalue weighted by atomic mass is 10.1. The number of ether oxygens (including phenoxy) is 2. The maximum Gasteiger partial charge on any atom is 0.277 e. The fourth-order valence-corrected chi connectivity index (χ4v) is 2.05. The highest BCUT2D eigenvalue weighted by Crippen LogP contribution is 2.26. The first kappa shape index (κ1) is 18.3. The van der Waals surface area contributed by atoms with Crippen LogP contribution in [0.1, 0.15) is 23.6 Å². The molecule has 25 heavy (non-hydrogen) atoms. The van der Waals surface area contributed by atoms with E-state index in [0.29, 0.717) is 23.7 Å². The van der Waals surface area contributed by atoms with E-state index >= 15 is 0 Å². The van der Waals surface area contributed by atoms with Crippen LogP contribution in [0.4, 0.5) is 0 Å². The SMILES string of the molecule is CCOc1cc(/C=N\NC(=O)COc2ccc(C)c(C)c2)ccc1O. The molecule has 0 saturated heterocycles. The van der Waals surface area contributed by atoms with Crippen molar-refractivity contribution >= 4 is 12.1 Å². The van der Waals surface area contributed by atoms with Crippen molar-refractivity contribution in [3.8, 4) is 17.2 Å². The van der Waals surface area contributed by atoms with Crippen molar-refractivity contribution in [2.45, 2.75) is 20.8 Å². The van der Waals surface area contributed by atoms with Gasteiger partial charge in [0.25, 0.3) is 5.91 Å². The Morgan fingerprint density at radius 1 is 1.16 bits per heavy atom. The van der Waals surface area contributed by atoms with E-state index in [-0.39, 0.29) is 18.3 Å². The summed E-state index contributed by atoms with van der Waals surface area (Å²) in [6, 6.07) is 10.5. The Morgan fingerprint density at radius 3 is 2.68 bits per heavy atom. The van der Waals surface area contributed by atoms with Crippen LogP contribution in [-0.2, 0) is 4.79 Å². The van der Waals surface area contributed by atoms with Crippen LogP contribution >= 0.6 is 0 Å². The summed E-state index contributed by atoms with van der Waals surface area (Å²) in [6.07, 6.45) is 1.47. The summed E-state index contributed by atoms with van der Waals surface area (Å²) >= 11 is 0. The van der Waals surface area contributed by atoms with Crippen LogP contribution in [0.25, 0.3) is 0 Å². The molecule has 0 aromatic heterocycles. The standard InChI is InChI=1S/C19H22N2O4/c1-4-24-18-10-15(6-8-17(18)22)11-20-21-19(23)12-25-16-7-5-13(2)14(3)9-16/h5-11,22H,4,12H2,1-3H3,(H,21,23)/b20-11-. The number of nitrogens with zero attached hydrogens (tertiary/aromatic N) is 1. The third-order valence-corrected chi connectivity index (χ3v) is 3.53. The van der Waals surface area contributed by atoms with Crippen molar-refractivity contribution in [1.29, 1.82) is 0 Å². The third-order valence-electron chi connectivity index (χ3n) is 3.53. The van der Waals surface area contributed by atoms with Gasteiger partial charge in [0.1, 0.15) is 5.75 Å². The number of benzene rings is 2. The number of aryl methyl sites for hydroxylation is 2. The van der Waals surface area contributed by atoms with Gasteiger partial charge in [-0.15, -0.1) is 0 Å². The van der Waals surface area contributed by atoms with Crippen LogP contribution in [0, 0.1) is 13.8 Å². The van der Waals surface area contributed by atoms with Crippen molar-refractivity contribution in [1.82, 2.24) is 5.43 Å². The van der Waals surface area contributed by atoms with E-state index in [2.05, 4.69) is 10.5 Å². The number of hydrogen-bond donors (Lipinski definition) is 2.